The molecule has 0 aromatic carbocycles. The van der Waals surface area contributed by atoms with Gasteiger partial charge in [0.25, 0.3) is 0 Å². The number of nitrogen functional groups attached to an aromatic ring is 1. The van der Waals surface area contributed by atoms with Crippen LogP contribution < -0.4 is 10.5 Å². The minimum atomic E-state index is -1.02. The fraction of sp³-hybridized carbons (Fsp3) is 0. The molecule has 0 aliphatic rings. The van der Waals surface area contributed by atoms with Crippen LogP contribution in [0, 0.1) is 0 Å². The van der Waals surface area contributed by atoms with Crippen molar-refractivity contribution in [3.63, 3.8) is 0 Å². The van der Waals surface area contributed by atoms with E-state index in [2.05, 4.69) is 0 Å². The summed E-state index contributed by atoms with van der Waals surface area (Å²) in [6.45, 7) is 0. The number of rotatable bonds is 1. The maximum Gasteiger partial charge on any atom is 0.404 e. The molecule has 0 aliphatic heterocycles. The van der Waals surface area contributed by atoms with Crippen LogP contribution in [-0.4, -0.2) is 11.1 Å². The van der Waals surface area contributed by atoms with E-state index in [-0.39, 0.29) is 5.69 Å². The SMILES string of the molecule is N[n+]1ccccc1C(=O)O. The molecule has 1 heterocycles. The maximum atomic E-state index is 10.3. The molecule has 0 atom stereocenters. The van der Waals surface area contributed by atoms with Crippen molar-refractivity contribution in [2.75, 3.05) is 5.84 Å². The van der Waals surface area contributed by atoms with E-state index in [1.807, 2.05) is 0 Å². The highest BCUT2D eigenvalue weighted by molar-refractivity contribution is 5.83. The number of carbonyl (C=O) groups is 1. The Balaban J connectivity index is 3.15. The van der Waals surface area contributed by atoms with Crippen LogP contribution in [0.15, 0.2) is 24.4 Å². The van der Waals surface area contributed by atoms with Gasteiger partial charge in [0, 0.05) is 12.1 Å². The Morgan fingerprint density at radius 2 is 2.30 bits per heavy atom. The van der Waals surface area contributed by atoms with Gasteiger partial charge in [0.15, 0.2) is 6.20 Å². The summed E-state index contributed by atoms with van der Waals surface area (Å²) < 4.78 is 1.06. The number of hydrogen-bond donors (Lipinski definition) is 2. The number of nitrogens with zero attached hydrogens (tertiary/aromatic N) is 1. The third-order valence-corrected chi connectivity index (χ3v) is 1.11. The summed E-state index contributed by atoms with van der Waals surface area (Å²) in [7, 11) is 0. The molecule has 4 nitrogen and oxygen atoms in total. The number of carboxylic acid groups (broad SMARTS) is 1. The van der Waals surface area contributed by atoms with Gasteiger partial charge in [0.2, 0.25) is 0 Å². The van der Waals surface area contributed by atoms with E-state index in [0.717, 1.165) is 4.68 Å². The van der Waals surface area contributed by atoms with Crippen LogP contribution in [0.3, 0.4) is 0 Å². The van der Waals surface area contributed by atoms with Gasteiger partial charge < -0.3 is 5.11 Å². The van der Waals surface area contributed by atoms with Gasteiger partial charge in [-0.2, -0.15) is 0 Å². The Bertz CT molecular complexity index is 260. The first kappa shape index (κ1) is 6.54. The summed E-state index contributed by atoms with van der Waals surface area (Å²) in [6.07, 6.45) is 1.48. The summed E-state index contributed by atoms with van der Waals surface area (Å²) in [4.78, 5) is 10.3. The maximum absolute atomic E-state index is 10.3. The standard InChI is InChI=1S/C6H6N2O2/c7-8-4-2-1-3-5(8)6(9)10/h1-4H,7H2/p+1. The quantitative estimate of drug-likeness (QED) is 0.402. The lowest BCUT2D eigenvalue weighted by Crippen LogP contribution is -2.49. The predicted octanol–water partition coefficient (Wildman–Crippen LogP) is -0.614. The second-order valence-electron chi connectivity index (χ2n) is 1.80. The molecule has 0 radical (unpaired) electrons. The normalized spacial score (nSPS) is 9.20. The van der Waals surface area contributed by atoms with E-state index >= 15 is 0 Å². The van der Waals surface area contributed by atoms with Crippen LogP contribution in [0.5, 0.6) is 0 Å². The van der Waals surface area contributed by atoms with Crippen molar-refractivity contribution in [2.45, 2.75) is 0 Å². The first-order valence-corrected chi connectivity index (χ1v) is 2.71. The Morgan fingerprint density at radius 3 is 2.70 bits per heavy atom. The monoisotopic (exact) mass is 139 g/mol. The molecule has 4 heteroatoms. The molecule has 3 N–H and O–H groups in total. The molecule has 0 unspecified atom stereocenters. The second-order valence-corrected chi connectivity index (χ2v) is 1.80. The summed E-state index contributed by atoms with van der Waals surface area (Å²) >= 11 is 0. The fourth-order valence-electron chi connectivity index (χ4n) is 0.637. The first-order chi connectivity index (χ1) is 4.72. The summed E-state index contributed by atoms with van der Waals surface area (Å²) in [5.74, 6) is 4.23. The Kier molecular flexibility index (Phi) is 1.53. The zero-order valence-electron chi connectivity index (χ0n) is 5.19. The molecule has 0 aliphatic carbocycles. The third-order valence-electron chi connectivity index (χ3n) is 1.11. The van der Waals surface area contributed by atoms with Crippen LogP contribution in [0.25, 0.3) is 0 Å². The van der Waals surface area contributed by atoms with Crippen molar-refractivity contribution < 1.29 is 14.6 Å². The van der Waals surface area contributed by atoms with Crippen LogP contribution in [0.4, 0.5) is 0 Å². The zero-order chi connectivity index (χ0) is 7.56. The molecule has 0 saturated heterocycles. The summed E-state index contributed by atoms with van der Waals surface area (Å²) in [5, 5.41) is 8.46. The number of aromatic nitrogens is 1. The lowest BCUT2D eigenvalue weighted by atomic mass is 10.3. The van der Waals surface area contributed by atoms with Crippen molar-refractivity contribution in [2.24, 2.45) is 0 Å². The third kappa shape index (κ3) is 1.05. The molecule has 0 fully saturated rings. The average molecular weight is 139 g/mol. The van der Waals surface area contributed by atoms with Crippen molar-refractivity contribution in [1.82, 2.24) is 0 Å². The van der Waals surface area contributed by atoms with E-state index in [1.54, 1.807) is 12.1 Å². The Hall–Kier alpha value is -1.58. The molecule has 1 rings (SSSR count). The minimum Gasteiger partial charge on any atom is -0.473 e. The van der Waals surface area contributed by atoms with E-state index in [0.29, 0.717) is 0 Å². The van der Waals surface area contributed by atoms with Crippen molar-refractivity contribution in [3.8, 4) is 0 Å². The number of aromatic carboxylic acids is 1. The van der Waals surface area contributed by atoms with Crippen molar-refractivity contribution in [1.29, 1.82) is 0 Å². The fourth-order valence-corrected chi connectivity index (χ4v) is 0.637. The van der Waals surface area contributed by atoms with Crippen molar-refractivity contribution in [3.05, 3.63) is 30.1 Å². The van der Waals surface area contributed by atoms with Crippen LogP contribution in [-0.2, 0) is 0 Å². The first-order valence-electron chi connectivity index (χ1n) is 2.71. The largest absolute Gasteiger partial charge is 0.473 e. The molecule has 0 amide bonds. The summed E-state index contributed by atoms with van der Waals surface area (Å²) in [5.41, 5.74) is 0.0718. The van der Waals surface area contributed by atoms with Gasteiger partial charge in [-0.05, 0) is 6.07 Å². The predicted molar refractivity (Wildman–Crippen MR) is 33.7 cm³/mol. The molecule has 0 bridgehead atoms. The molecule has 0 spiro atoms. The van der Waals surface area contributed by atoms with E-state index in [4.69, 9.17) is 10.9 Å². The molecule has 52 valence electrons. The van der Waals surface area contributed by atoms with Gasteiger partial charge in [-0.3, -0.25) is 0 Å². The Labute approximate surface area is 57.5 Å². The molecule has 0 saturated carbocycles. The number of carboxylic acids is 1. The highest BCUT2D eigenvalue weighted by Crippen LogP contribution is 1.87. The van der Waals surface area contributed by atoms with Gasteiger partial charge in [-0.1, -0.05) is 4.68 Å². The van der Waals surface area contributed by atoms with E-state index < -0.39 is 5.97 Å². The summed E-state index contributed by atoms with van der Waals surface area (Å²) in [6, 6.07) is 4.71. The van der Waals surface area contributed by atoms with Crippen LogP contribution in [0.2, 0.25) is 0 Å². The highest BCUT2D eigenvalue weighted by atomic mass is 16.4. The zero-order valence-corrected chi connectivity index (χ0v) is 5.19. The van der Waals surface area contributed by atoms with Gasteiger partial charge >= 0.3 is 11.7 Å². The van der Waals surface area contributed by atoms with E-state index in [1.165, 1.54) is 12.3 Å². The van der Waals surface area contributed by atoms with Crippen LogP contribution >= 0.6 is 0 Å². The van der Waals surface area contributed by atoms with Crippen LogP contribution in [0.1, 0.15) is 10.5 Å². The second kappa shape index (κ2) is 2.34. The minimum absolute atomic E-state index is 0.0718. The average Bonchev–Trinajstić information content (AvgIpc) is 1.88. The molecule has 1 aromatic heterocycles. The molecule has 10 heavy (non-hydrogen) atoms. The number of nitrogens with two attached hydrogens (primary N) is 1. The Morgan fingerprint density at radius 1 is 1.60 bits per heavy atom. The lowest BCUT2D eigenvalue weighted by Gasteiger charge is -1.88. The molecular weight excluding hydrogens is 132 g/mol. The van der Waals surface area contributed by atoms with Gasteiger partial charge in [-0.15, -0.1) is 0 Å². The lowest BCUT2D eigenvalue weighted by molar-refractivity contribution is -0.641. The highest BCUT2D eigenvalue weighted by Gasteiger charge is 2.13. The molecule has 1 aromatic rings. The smallest absolute Gasteiger partial charge is 0.404 e. The topological polar surface area (TPSA) is 67.2 Å². The van der Waals surface area contributed by atoms with Gasteiger partial charge in [0.05, 0.1) is 0 Å². The van der Waals surface area contributed by atoms with E-state index in [9.17, 15) is 4.79 Å². The number of hydrogen-bond acceptors (Lipinski definition) is 2. The number of pyridine rings is 1. The van der Waals surface area contributed by atoms with Gasteiger partial charge in [0.1, 0.15) is 0 Å². The van der Waals surface area contributed by atoms with Gasteiger partial charge in [-0.25, -0.2) is 10.6 Å². The molecular formula is C6H7N2O2+. The van der Waals surface area contributed by atoms with Crippen molar-refractivity contribution >= 4 is 5.97 Å².